The minimum Gasteiger partial charge on any atom is -0.444 e. The van der Waals surface area contributed by atoms with Crippen molar-refractivity contribution in [3.05, 3.63) is 78.4 Å². The van der Waals surface area contributed by atoms with Gasteiger partial charge in [0, 0.05) is 54.1 Å². The molecule has 1 saturated heterocycles. The van der Waals surface area contributed by atoms with E-state index in [1.165, 1.54) is 5.56 Å². The molecule has 0 unspecified atom stereocenters. The quantitative estimate of drug-likeness (QED) is 0.427. The van der Waals surface area contributed by atoms with Gasteiger partial charge in [-0.05, 0) is 81.6 Å². The van der Waals surface area contributed by atoms with Gasteiger partial charge in [0.1, 0.15) is 11.3 Å². The number of aromatic nitrogens is 2. The van der Waals surface area contributed by atoms with Crippen LogP contribution in [0.25, 0.3) is 0 Å². The third-order valence-electron chi connectivity index (χ3n) is 5.76. The zero-order chi connectivity index (χ0) is 24.8. The number of ether oxygens (including phenoxy) is 1. The Morgan fingerprint density at radius 3 is 2.49 bits per heavy atom. The molecular formula is C27H32N4O3S. The average molecular weight is 493 g/mol. The Hall–Kier alpha value is -3.26. The van der Waals surface area contributed by atoms with Crippen LogP contribution in [0, 0.1) is 0 Å². The molecule has 0 aliphatic carbocycles. The highest BCUT2D eigenvalue weighted by atomic mass is 32.2. The highest BCUT2D eigenvalue weighted by molar-refractivity contribution is 7.98. The fourth-order valence-corrected chi connectivity index (χ4v) is 4.87. The molecule has 7 nitrogen and oxygen atoms in total. The Labute approximate surface area is 210 Å². The zero-order valence-corrected chi connectivity index (χ0v) is 21.3. The molecule has 3 aromatic rings. The number of hydrogen-bond acceptors (Lipinski definition) is 5. The second kappa shape index (κ2) is 11.0. The lowest BCUT2D eigenvalue weighted by molar-refractivity contribution is 0.0187. The number of nitrogens with one attached hydrogen (secondary N) is 1. The number of anilines is 1. The third-order valence-corrected chi connectivity index (χ3v) is 6.84. The van der Waals surface area contributed by atoms with Gasteiger partial charge in [-0.3, -0.25) is 9.78 Å². The molecule has 0 atom stereocenters. The highest BCUT2D eigenvalue weighted by Gasteiger charge is 2.28. The number of nitrogens with zero attached hydrogens (tertiary/aromatic N) is 3. The van der Waals surface area contributed by atoms with Gasteiger partial charge in [0.25, 0.3) is 5.91 Å². The molecule has 2 aromatic heterocycles. The van der Waals surface area contributed by atoms with Crippen LogP contribution in [0.3, 0.4) is 0 Å². The maximum absolute atomic E-state index is 13.0. The largest absolute Gasteiger partial charge is 0.444 e. The molecule has 35 heavy (non-hydrogen) atoms. The maximum Gasteiger partial charge on any atom is 0.410 e. The monoisotopic (exact) mass is 492 g/mol. The molecule has 0 spiro atoms. The predicted octanol–water partition coefficient (Wildman–Crippen LogP) is 6.00. The van der Waals surface area contributed by atoms with Gasteiger partial charge in [0.2, 0.25) is 0 Å². The van der Waals surface area contributed by atoms with Gasteiger partial charge in [-0.15, -0.1) is 11.8 Å². The molecule has 4 rings (SSSR count). The van der Waals surface area contributed by atoms with Gasteiger partial charge in [0.05, 0.1) is 0 Å². The Bertz CT molecular complexity index is 1130. The van der Waals surface area contributed by atoms with E-state index >= 15 is 0 Å². The smallest absolute Gasteiger partial charge is 0.410 e. The van der Waals surface area contributed by atoms with Gasteiger partial charge >= 0.3 is 6.09 Å². The number of thioether (sulfide) groups is 1. The number of carbonyl (C=O) groups is 2. The van der Waals surface area contributed by atoms with Crippen LogP contribution in [-0.4, -0.2) is 45.1 Å². The van der Waals surface area contributed by atoms with Gasteiger partial charge < -0.3 is 19.5 Å². The van der Waals surface area contributed by atoms with E-state index in [9.17, 15) is 9.59 Å². The van der Waals surface area contributed by atoms with Crippen LogP contribution in [0.15, 0.2) is 72.0 Å². The highest BCUT2D eigenvalue weighted by Crippen LogP contribution is 2.27. The van der Waals surface area contributed by atoms with Crippen LogP contribution in [0.5, 0.6) is 0 Å². The molecular weight excluding hydrogens is 460 g/mol. The first kappa shape index (κ1) is 24.9. The maximum atomic E-state index is 13.0. The van der Waals surface area contributed by atoms with Crippen LogP contribution in [-0.2, 0) is 10.5 Å². The normalized spacial score (nSPS) is 14.5. The third kappa shape index (κ3) is 6.88. The molecule has 0 bridgehead atoms. The first-order chi connectivity index (χ1) is 16.8. The van der Waals surface area contributed by atoms with Crippen LogP contribution in [0.4, 0.5) is 10.5 Å². The van der Waals surface area contributed by atoms with Crippen molar-refractivity contribution < 1.29 is 14.3 Å². The summed E-state index contributed by atoms with van der Waals surface area (Å²) in [6.45, 7) is 6.83. The van der Waals surface area contributed by atoms with E-state index in [0.29, 0.717) is 18.8 Å². The van der Waals surface area contributed by atoms with Crippen LogP contribution in [0.2, 0.25) is 0 Å². The van der Waals surface area contributed by atoms with E-state index in [2.05, 4.69) is 16.4 Å². The lowest BCUT2D eigenvalue weighted by Crippen LogP contribution is -2.42. The molecule has 1 N–H and O–H groups in total. The standard InChI is InChI=1S/C27H32N4O3S/c1-27(2,3)34-26(33)30-16-12-22(13-17-30)31-15-5-7-24(31)25(32)29-21-8-10-23(11-9-21)35-19-20-6-4-14-28-18-20/h4-11,14-15,18,22H,12-13,16-17,19H2,1-3H3,(H,29,32). The fourth-order valence-electron chi connectivity index (χ4n) is 4.04. The molecule has 0 radical (unpaired) electrons. The summed E-state index contributed by atoms with van der Waals surface area (Å²) in [5.74, 6) is 0.708. The van der Waals surface area contributed by atoms with Gasteiger partial charge in [-0.1, -0.05) is 6.07 Å². The molecule has 1 aromatic carbocycles. The number of benzene rings is 1. The van der Waals surface area contributed by atoms with E-state index in [1.54, 1.807) is 22.9 Å². The molecule has 1 aliphatic rings. The number of amides is 2. The summed E-state index contributed by atoms with van der Waals surface area (Å²) in [5.41, 5.74) is 2.05. The van der Waals surface area contributed by atoms with Crippen LogP contribution in [0.1, 0.15) is 55.7 Å². The molecule has 1 aliphatic heterocycles. The van der Waals surface area contributed by atoms with E-state index in [1.807, 2.05) is 80.2 Å². The summed E-state index contributed by atoms with van der Waals surface area (Å²) in [5, 5.41) is 3.01. The molecule has 8 heteroatoms. The number of piperidine rings is 1. The van der Waals surface area contributed by atoms with Crippen molar-refractivity contribution in [3.8, 4) is 0 Å². The second-order valence-corrected chi connectivity index (χ2v) is 10.7. The first-order valence-electron chi connectivity index (χ1n) is 11.9. The van der Waals surface area contributed by atoms with E-state index < -0.39 is 5.60 Å². The minimum atomic E-state index is -0.504. The Morgan fingerprint density at radius 1 is 1.09 bits per heavy atom. The molecule has 2 amide bonds. The second-order valence-electron chi connectivity index (χ2n) is 9.63. The molecule has 184 valence electrons. The van der Waals surface area contributed by atoms with E-state index in [0.717, 1.165) is 29.2 Å². The van der Waals surface area contributed by atoms with E-state index in [4.69, 9.17) is 4.74 Å². The molecule has 3 heterocycles. The summed E-state index contributed by atoms with van der Waals surface area (Å²) >= 11 is 1.73. The number of pyridine rings is 1. The number of hydrogen-bond donors (Lipinski definition) is 1. The summed E-state index contributed by atoms with van der Waals surface area (Å²) < 4.78 is 7.52. The lowest BCUT2D eigenvalue weighted by Gasteiger charge is -2.34. The average Bonchev–Trinajstić information content (AvgIpc) is 3.34. The van der Waals surface area contributed by atoms with Crippen molar-refractivity contribution >= 4 is 29.4 Å². The summed E-state index contributed by atoms with van der Waals surface area (Å²) in [6, 6.07) is 15.8. The van der Waals surface area contributed by atoms with Gasteiger partial charge in [-0.25, -0.2) is 4.79 Å². The molecule has 1 fully saturated rings. The summed E-state index contributed by atoms with van der Waals surface area (Å²) in [6.07, 6.45) is 6.87. The van der Waals surface area contributed by atoms with Gasteiger partial charge in [0.15, 0.2) is 0 Å². The van der Waals surface area contributed by atoms with Crippen molar-refractivity contribution in [3.63, 3.8) is 0 Å². The zero-order valence-electron chi connectivity index (χ0n) is 20.4. The summed E-state index contributed by atoms with van der Waals surface area (Å²) in [7, 11) is 0. The summed E-state index contributed by atoms with van der Waals surface area (Å²) in [4.78, 5) is 32.4. The van der Waals surface area contributed by atoms with Gasteiger partial charge in [-0.2, -0.15) is 0 Å². The van der Waals surface area contributed by atoms with Crippen molar-refractivity contribution in [2.24, 2.45) is 0 Å². The first-order valence-corrected chi connectivity index (χ1v) is 12.8. The number of carbonyl (C=O) groups excluding carboxylic acids is 2. The topological polar surface area (TPSA) is 76.5 Å². The van der Waals surface area contributed by atoms with Crippen molar-refractivity contribution in [2.75, 3.05) is 18.4 Å². The number of likely N-dealkylation sites (tertiary alicyclic amines) is 1. The van der Waals surface area contributed by atoms with Crippen LogP contribution < -0.4 is 5.32 Å². The Morgan fingerprint density at radius 2 is 1.83 bits per heavy atom. The predicted molar refractivity (Wildman–Crippen MR) is 139 cm³/mol. The van der Waals surface area contributed by atoms with E-state index in [-0.39, 0.29) is 18.0 Å². The van der Waals surface area contributed by atoms with Crippen molar-refractivity contribution in [2.45, 2.75) is 55.9 Å². The molecule has 0 saturated carbocycles. The SMILES string of the molecule is CC(C)(C)OC(=O)N1CCC(n2cccc2C(=O)Nc2ccc(SCc3cccnc3)cc2)CC1. The number of rotatable bonds is 6. The fraction of sp³-hybridized carbons (Fsp3) is 0.370. The van der Waals surface area contributed by atoms with Crippen molar-refractivity contribution in [1.82, 2.24) is 14.5 Å². The Kier molecular flexibility index (Phi) is 7.80. The Balaban J connectivity index is 1.31. The lowest BCUT2D eigenvalue weighted by atomic mass is 10.0. The minimum absolute atomic E-state index is 0.139. The van der Waals surface area contributed by atoms with Crippen LogP contribution >= 0.6 is 11.8 Å². The van der Waals surface area contributed by atoms with Crippen molar-refractivity contribution in [1.29, 1.82) is 0 Å².